The van der Waals surface area contributed by atoms with Gasteiger partial charge in [-0.3, -0.25) is 0 Å². The molecule has 2 heteroatoms. The predicted octanol–water partition coefficient (Wildman–Crippen LogP) is 4.36. The molecule has 0 rings (SSSR count). The van der Waals surface area contributed by atoms with Crippen molar-refractivity contribution < 1.29 is 0 Å². The second-order valence-electron chi connectivity index (χ2n) is 3.59. The first-order valence-electron chi connectivity index (χ1n) is 3.08. The fourth-order valence-electron chi connectivity index (χ4n) is 0.866. The minimum absolute atomic E-state index is 0. The summed E-state index contributed by atoms with van der Waals surface area (Å²) in [4.78, 5) is 2.46. The van der Waals surface area contributed by atoms with Crippen molar-refractivity contribution in [2.24, 2.45) is 0 Å². The minimum atomic E-state index is -1.32. The quantitative estimate of drug-likeness (QED) is 0.623. The van der Waals surface area contributed by atoms with Crippen LogP contribution in [0.3, 0.4) is 0 Å². The second kappa shape index (κ2) is 12.1. The van der Waals surface area contributed by atoms with Crippen molar-refractivity contribution in [1.29, 1.82) is 0 Å². The Kier molecular flexibility index (Phi) is 29.4. The summed E-state index contributed by atoms with van der Waals surface area (Å²) in [5.41, 5.74) is 1.48. The first-order valence-corrected chi connectivity index (χ1v) is 10.6. The number of allylic oxidation sites excluding steroid dienone is 1. The van der Waals surface area contributed by atoms with Crippen LogP contribution in [0, 0.1) is 0 Å². The largest absolute Gasteiger partial charge is 0 e. The van der Waals surface area contributed by atoms with E-state index >= 15 is 0 Å². The van der Waals surface area contributed by atoms with Gasteiger partial charge in [0.15, 0.2) is 0 Å². The Labute approximate surface area is 101 Å². The zero-order valence-electron chi connectivity index (χ0n) is 7.08. The molecule has 0 aliphatic heterocycles. The maximum Gasteiger partial charge on any atom is 0 e. The van der Waals surface area contributed by atoms with Gasteiger partial charge in [-0.25, -0.2) is 0 Å². The predicted molar refractivity (Wildman–Crippen MR) is 68.7 cm³/mol. The summed E-state index contributed by atoms with van der Waals surface area (Å²) in [7, 11) is 0. The molecule has 0 heterocycles. The van der Waals surface area contributed by atoms with Crippen LogP contribution in [0.15, 0.2) is 10.5 Å². The Bertz CT molecular complexity index is 96.9. The molecule has 0 N–H and O–H groups in total. The summed E-state index contributed by atoms with van der Waals surface area (Å²) in [6.45, 7) is 4.35. The van der Waals surface area contributed by atoms with E-state index in [0.29, 0.717) is 0 Å². The van der Waals surface area contributed by atoms with Gasteiger partial charge in [-0.05, 0) is 0 Å². The first kappa shape index (κ1) is 29.2. The van der Waals surface area contributed by atoms with Crippen LogP contribution in [0.4, 0.5) is 0 Å². The van der Waals surface area contributed by atoms with Gasteiger partial charge < -0.3 is 0 Å². The Morgan fingerprint density at radius 3 is 1.17 bits per heavy atom. The molecule has 76 valence electrons. The summed E-state index contributed by atoms with van der Waals surface area (Å²) in [5, 5.41) is 0. The van der Waals surface area contributed by atoms with Crippen molar-refractivity contribution in [3.8, 4) is 0 Å². The molecule has 0 bridgehead atoms. The van der Waals surface area contributed by atoms with Crippen LogP contribution in [-0.4, -0.2) is 37.2 Å². The molecule has 0 saturated carbocycles. The van der Waals surface area contributed by atoms with Gasteiger partial charge in [-0.15, -0.1) is 0 Å². The van der Waals surface area contributed by atoms with Gasteiger partial charge in [0.2, 0.25) is 0 Å². The minimum Gasteiger partial charge on any atom is 0 e. The number of hydrogen-bond acceptors (Lipinski definition) is 0. The summed E-state index contributed by atoms with van der Waals surface area (Å²) in [5.74, 6) is 7.19. The van der Waals surface area contributed by atoms with E-state index in [2.05, 4.69) is 36.0 Å². The van der Waals surface area contributed by atoms with E-state index in [1.54, 1.807) is 0 Å². The molecule has 0 aliphatic rings. The summed E-state index contributed by atoms with van der Waals surface area (Å²) < 4.78 is 0. The monoisotopic (exact) mass is 342 g/mol. The van der Waals surface area contributed by atoms with Gasteiger partial charge in [0.25, 0.3) is 0 Å². The third kappa shape index (κ3) is 30.5. The molecule has 0 nitrogen and oxygen atoms in total. The van der Waals surface area contributed by atoms with E-state index in [1.165, 1.54) is 5.57 Å². The fourth-order valence-corrected chi connectivity index (χ4v) is 4.50. The second-order valence-corrected chi connectivity index (χ2v) is 14.1. The summed E-state index contributed by atoms with van der Waals surface area (Å²) in [6.07, 6.45) is 0. The van der Waals surface area contributed by atoms with Crippen LogP contribution in [0.1, 0.15) is 36.1 Å². The molecular weight excluding hydrogens is 311 g/mol. The van der Waals surface area contributed by atoms with E-state index in [4.69, 9.17) is 0 Å². The topological polar surface area (TPSA) is 0 Å². The average Bonchev–Trinajstić information content (AvgIpc) is 1.21. The maximum atomic E-state index is 2.46. The van der Waals surface area contributed by atoms with Gasteiger partial charge >= 0.3 is 54.9 Å². The van der Waals surface area contributed by atoms with Crippen LogP contribution in [0.2, 0.25) is 17.3 Å². The summed E-state index contributed by atoms with van der Waals surface area (Å²) >= 11 is -1.32. The van der Waals surface area contributed by atoms with Crippen LogP contribution < -0.4 is 0 Å². The smallest absolute Gasteiger partial charge is 0 e. The summed E-state index contributed by atoms with van der Waals surface area (Å²) in [6, 6.07) is 0. The fraction of sp³-hybridized carbons (Fsp3) is 0.800. The Morgan fingerprint density at radius 2 is 1.17 bits per heavy atom. The molecule has 0 saturated heterocycles. The van der Waals surface area contributed by atoms with Gasteiger partial charge in [-0.2, -0.15) is 0 Å². The molecule has 4 radical (unpaired) electrons. The molecule has 0 spiro atoms. The van der Waals surface area contributed by atoms with Gasteiger partial charge in [0, 0.05) is 23.9 Å². The average molecular weight is 340 g/mol. The van der Waals surface area contributed by atoms with E-state index in [9.17, 15) is 0 Å². The molecule has 0 unspecified atom stereocenters. The van der Waals surface area contributed by atoms with Crippen LogP contribution in [0.25, 0.3) is 0 Å². The third-order valence-electron chi connectivity index (χ3n) is 0.722. The van der Waals surface area contributed by atoms with Crippen molar-refractivity contribution in [3.63, 3.8) is 0 Å². The van der Waals surface area contributed by atoms with Crippen LogP contribution in [0.5, 0.6) is 0 Å². The van der Waals surface area contributed by atoms with Gasteiger partial charge in [0.1, 0.15) is 0 Å². The van der Waals surface area contributed by atoms with E-state index in [1.807, 2.05) is 0 Å². The molecule has 0 aliphatic carbocycles. The molecule has 0 atom stereocenters. The van der Waals surface area contributed by atoms with Crippen molar-refractivity contribution in [1.82, 2.24) is 0 Å². The molecule has 0 fully saturated rings. The van der Waals surface area contributed by atoms with Crippen molar-refractivity contribution in [3.05, 3.63) is 10.5 Å². The molecule has 12 heavy (non-hydrogen) atoms. The molecular formula is C10H28GeSn. The van der Waals surface area contributed by atoms with Gasteiger partial charge in [0.05, 0.1) is 0 Å². The molecule has 0 aromatic heterocycles. The standard InChI is InChI=1S/C7H16Ge.3CH4.Sn/c1-7(2)6-8(3,4)5;;;;/h6H,1-5H3;3*1H4;. The van der Waals surface area contributed by atoms with Gasteiger partial charge in [-0.1, -0.05) is 22.3 Å². The van der Waals surface area contributed by atoms with Crippen molar-refractivity contribution >= 4 is 37.2 Å². The Morgan fingerprint density at radius 1 is 0.917 bits per heavy atom. The van der Waals surface area contributed by atoms with E-state index in [0.717, 1.165) is 0 Å². The van der Waals surface area contributed by atoms with Crippen LogP contribution >= 0.6 is 0 Å². The molecule has 0 aromatic rings. The zero-order valence-corrected chi connectivity index (χ0v) is 12.0. The van der Waals surface area contributed by atoms with E-state index in [-0.39, 0.29) is 46.2 Å². The number of hydrogen-bond donors (Lipinski definition) is 0. The van der Waals surface area contributed by atoms with Crippen molar-refractivity contribution in [2.75, 3.05) is 0 Å². The zero-order chi connectivity index (χ0) is 6.78. The van der Waals surface area contributed by atoms with Crippen LogP contribution in [-0.2, 0) is 0 Å². The third-order valence-corrected chi connectivity index (χ3v) is 3.75. The Balaban J connectivity index is -0.0000000408. The van der Waals surface area contributed by atoms with Crippen molar-refractivity contribution in [2.45, 2.75) is 53.4 Å². The number of rotatable bonds is 1. The SMILES string of the molecule is C.C.C.CC(C)=[CH][Ge]([CH3])([CH3])[CH3].[Sn]. The normalized spacial score (nSPS) is 7.42. The maximum absolute atomic E-state index is 2.46. The van der Waals surface area contributed by atoms with E-state index < -0.39 is 13.3 Å². The Hall–Kier alpha value is 1.08. The molecule has 0 aromatic carbocycles. The molecule has 0 amide bonds. The first-order chi connectivity index (χ1) is 3.42.